The van der Waals surface area contributed by atoms with Gasteiger partial charge in [-0.3, -0.25) is 0 Å². The molecule has 5 nitrogen and oxygen atoms in total. The van der Waals surface area contributed by atoms with Crippen LogP contribution >= 0.6 is 0 Å². The maximum absolute atomic E-state index is 11.8. The highest BCUT2D eigenvalue weighted by Crippen LogP contribution is 2.64. The molecule has 5 heteroatoms. The number of aliphatic hydroxyl groups is 2. The van der Waals surface area contributed by atoms with Gasteiger partial charge in [0, 0.05) is 5.41 Å². The second-order valence-electron chi connectivity index (χ2n) is 8.99. The van der Waals surface area contributed by atoms with Crippen LogP contribution in [0.2, 0.25) is 0 Å². The van der Waals surface area contributed by atoms with Crippen molar-refractivity contribution < 1.29 is 19.7 Å². The molecule has 3 unspecified atom stereocenters. The van der Waals surface area contributed by atoms with Crippen LogP contribution in [0, 0.1) is 29.6 Å². The molecule has 150 valence electrons. The summed E-state index contributed by atoms with van der Waals surface area (Å²) in [5.41, 5.74) is 6.90. The molecule has 0 aliphatic heterocycles. The molecule has 28 heavy (non-hydrogen) atoms. The summed E-state index contributed by atoms with van der Waals surface area (Å²) in [5, 5.41) is 20.0. The number of benzene rings is 1. The lowest BCUT2D eigenvalue weighted by atomic mass is 9.53. The topological polar surface area (TPSA) is 92.8 Å². The van der Waals surface area contributed by atoms with Crippen molar-refractivity contribution in [1.29, 1.82) is 0 Å². The lowest BCUT2D eigenvalue weighted by Crippen LogP contribution is -2.50. The maximum atomic E-state index is 11.8. The summed E-state index contributed by atoms with van der Waals surface area (Å²) >= 11 is 0. The van der Waals surface area contributed by atoms with E-state index in [0.717, 1.165) is 32.1 Å². The van der Waals surface area contributed by atoms with Crippen LogP contribution in [0.3, 0.4) is 0 Å². The van der Waals surface area contributed by atoms with Crippen LogP contribution in [0.25, 0.3) is 0 Å². The van der Waals surface area contributed by atoms with Crippen molar-refractivity contribution >= 4 is 5.97 Å². The normalized spacial score (nSPS) is 37.2. The number of aliphatic hydroxyl groups excluding tert-OH is 1. The number of aryl methyl sites for hydroxylation is 1. The molecule has 6 atom stereocenters. The minimum absolute atomic E-state index is 0.198. The van der Waals surface area contributed by atoms with Crippen molar-refractivity contribution in [1.82, 2.24) is 0 Å². The van der Waals surface area contributed by atoms with E-state index >= 15 is 0 Å². The lowest BCUT2D eigenvalue weighted by Gasteiger charge is -2.52. The number of rotatable bonds is 3. The van der Waals surface area contributed by atoms with Gasteiger partial charge in [0.05, 0.1) is 6.61 Å². The Morgan fingerprint density at radius 2 is 2.18 bits per heavy atom. The Balaban J connectivity index is 1.57. The Bertz CT molecular complexity index is 830. The summed E-state index contributed by atoms with van der Waals surface area (Å²) in [5.74, 6) is 4.01. The van der Waals surface area contributed by atoms with Gasteiger partial charge >= 0.3 is 5.97 Å². The molecule has 3 aliphatic rings. The van der Waals surface area contributed by atoms with E-state index in [9.17, 15) is 9.90 Å². The van der Waals surface area contributed by atoms with Crippen LogP contribution in [0.5, 0.6) is 5.75 Å². The molecule has 1 aromatic carbocycles. The molecule has 4 rings (SSSR count). The molecule has 0 heterocycles. The highest BCUT2D eigenvalue weighted by molar-refractivity contribution is 5.78. The Morgan fingerprint density at radius 1 is 1.39 bits per heavy atom. The van der Waals surface area contributed by atoms with Gasteiger partial charge in [-0.2, -0.15) is 0 Å². The first-order chi connectivity index (χ1) is 13.3. The zero-order chi connectivity index (χ0) is 20.1. The first kappa shape index (κ1) is 19.4. The van der Waals surface area contributed by atoms with E-state index in [2.05, 4.69) is 18.9 Å². The molecule has 1 aromatic rings. The lowest BCUT2D eigenvalue weighted by molar-refractivity contribution is -0.136. The number of terminal acetylenes is 1. The number of esters is 1. The van der Waals surface area contributed by atoms with Crippen LogP contribution in [-0.4, -0.2) is 34.4 Å². The van der Waals surface area contributed by atoms with E-state index < -0.39 is 24.2 Å². The van der Waals surface area contributed by atoms with E-state index in [0.29, 0.717) is 29.9 Å². The molecule has 4 N–H and O–H groups in total. The summed E-state index contributed by atoms with van der Waals surface area (Å²) in [6.45, 7) is 1.75. The SMILES string of the molecule is C#C[C@]1(O)CCC2C3CCc4cc(OC(=O)[C@H](N)CO)ccc4C3CC[C@@]21C. The van der Waals surface area contributed by atoms with Gasteiger partial charge < -0.3 is 20.7 Å². The zero-order valence-electron chi connectivity index (χ0n) is 16.4. The third kappa shape index (κ3) is 2.78. The summed E-state index contributed by atoms with van der Waals surface area (Å²) in [6, 6.07) is 4.82. The number of carbonyl (C=O) groups is 1. The Hall–Kier alpha value is -1.87. The van der Waals surface area contributed by atoms with Gasteiger partial charge in [-0.05, 0) is 79.5 Å². The van der Waals surface area contributed by atoms with Crippen molar-refractivity contribution in [3.05, 3.63) is 29.3 Å². The molecule has 0 saturated heterocycles. The highest BCUT2D eigenvalue weighted by Gasteiger charge is 2.61. The average molecular weight is 383 g/mol. The van der Waals surface area contributed by atoms with Crippen molar-refractivity contribution in [2.75, 3.05) is 6.61 Å². The molecule has 0 bridgehead atoms. The third-order valence-electron chi connectivity index (χ3n) is 7.81. The van der Waals surface area contributed by atoms with Gasteiger partial charge in [0.1, 0.15) is 17.4 Å². The Morgan fingerprint density at radius 3 is 2.89 bits per heavy atom. The van der Waals surface area contributed by atoms with Gasteiger partial charge in [0.15, 0.2) is 0 Å². The minimum Gasteiger partial charge on any atom is -0.425 e. The van der Waals surface area contributed by atoms with E-state index in [-0.39, 0.29) is 5.41 Å². The van der Waals surface area contributed by atoms with Gasteiger partial charge in [-0.1, -0.05) is 18.9 Å². The van der Waals surface area contributed by atoms with Crippen LogP contribution in [-0.2, 0) is 11.2 Å². The smallest absolute Gasteiger partial charge is 0.330 e. The van der Waals surface area contributed by atoms with E-state index in [1.54, 1.807) is 0 Å². The number of fused-ring (bicyclic) bond motifs is 5. The monoisotopic (exact) mass is 383 g/mol. The van der Waals surface area contributed by atoms with E-state index in [4.69, 9.17) is 22.0 Å². The molecule has 0 amide bonds. The van der Waals surface area contributed by atoms with Gasteiger partial charge in [0.2, 0.25) is 0 Å². The molecule has 0 radical (unpaired) electrons. The molecule has 2 saturated carbocycles. The number of carbonyl (C=O) groups excluding carboxylic acids is 1. The Labute approximate surface area is 166 Å². The zero-order valence-corrected chi connectivity index (χ0v) is 16.4. The number of hydrogen-bond donors (Lipinski definition) is 3. The fraction of sp³-hybridized carbons (Fsp3) is 0.609. The molecular formula is C23H29NO4. The van der Waals surface area contributed by atoms with Crippen LogP contribution in [0.4, 0.5) is 0 Å². The summed E-state index contributed by atoms with van der Waals surface area (Å²) in [4.78, 5) is 11.8. The third-order valence-corrected chi connectivity index (χ3v) is 7.81. The minimum atomic E-state index is -1.02. The van der Waals surface area contributed by atoms with Gasteiger partial charge in [-0.15, -0.1) is 6.42 Å². The molecule has 2 fully saturated rings. The van der Waals surface area contributed by atoms with Crippen LogP contribution in [0.1, 0.15) is 56.1 Å². The molecular weight excluding hydrogens is 354 g/mol. The fourth-order valence-corrected chi connectivity index (χ4v) is 6.14. The second-order valence-corrected chi connectivity index (χ2v) is 8.99. The first-order valence-electron chi connectivity index (χ1n) is 10.2. The summed E-state index contributed by atoms with van der Waals surface area (Å²) in [6.07, 6.45) is 11.3. The standard InChI is InChI=1S/C23H29NO4/c1-3-23(27)11-9-19-18-6-4-14-12-15(28-21(26)20(24)13-25)5-7-16(14)17(18)8-10-22(19,23)2/h1,5,7,12,17-20,25,27H,4,6,8-11,13,24H2,2H3/t17?,18?,19?,20-,22+,23+/m1/s1. The second kappa shape index (κ2) is 6.88. The quantitative estimate of drug-likeness (QED) is 0.422. The van der Waals surface area contributed by atoms with Crippen molar-refractivity contribution in [3.63, 3.8) is 0 Å². The molecule has 3 aliphatic carbocycles. The number of hydrogen-bond acceptors (Lipinski definition) is 5. The summed E-state index contributed by atoms with van der Waals surface area (Å²) in [7, 11) is 0. The Kier molecular flexibility index (Phi) is 4.78. The van der Waals surface area contributed by atoms with E-state index in [1.807, 2.05) is 12.1 Å². The first-order valence-corrected chi connectivity index (χ1v) is 10.2. The molecule has 0 aromatic heterocycles. The fourth-order valence-electron chi connectivity index (χ4n) is 6.14. The summed E-state index contributed by atoms with van der Waals surface area (Å²) < 4.78 is 5.32. The van der Waals surface area contributed by atoms with Crippen molar-refractivity contribution in [3.8, 4) is 18.1 Å². The van der Waals surface area contributed by atoms with Crippen molar-refractivity contribution in [2.24, 2.45) is 23.0 Å². The molecule has 0 spiro atoms. The number of nitrogens with two attached hydrogens (primary N) is 1. The van der Waals surface area contributed by atoms with Crippen LogP contribution < -0.4 is 10.5 Å². The van der Waals surface area contributed by atoms with Crippen molar-refractivity contribution in [2.45, 2.75) is 63.0 Å². The van der Waals surface area contributed by atoms with Crippen LogP contribution in [0.15, 0.2) is 18.2 Å². The van der Waals surface area contributed by atoms with Gasteiger partial charge in [0.25, 0.3) is 0 Å². The highest BCUT2D eigenvalue weighted by atomic mass is 16.5. The van der Waals surface area contributed by atoms with Gasteiger partial charge in [-0.25, -0.2) is 4.79 Å². The number of ether oxygens (including phenoxy) is 1. The maximum Gasteiger partial charge on any atom is 0.330 e. The van der Waals surface area contributed by atoms with E-state index in [1.165, 1.54) is 11.1 Å². The predicted molar refractivity (Wildman–Crippen MR) is 106 cm³/mol. The largest absolute Gasteiger partial charge is 0.425 e. The predicted octanol–water partition coefficient (Wildman–Crippen LogP) is 2.13. The average Bonchev–Trinajstić information content (AvgIpc) is 2.98.